The van der Waals surface area contributed by atoms with Gasteiger partial charge in [0.15, 0.2) is 0 Å². The summed E-state index contributed by atoms with van der Waals surface area (Å²) >= 11 is 1.77. The van der Waals surface area contributed by atoms with Crippen LogP contribution in [0.1, 0.15) is 39.5 Å². The number of benzene rings is 1. The summed E-state index contributed by atoms with van der Waals surface area (Å²) in [5.74, 6) is 0. The van der Waals surface area contributed by atoms with Crippen LogP contribution in [0.2, 0.25) is 0 Å². The summed E-state index contributed by atoms with van der Waals surface area (Å²) < 4.78 is 0. The lowest BCUT2D eigenvalue weighted by molar-refractivity contribution is 0.318. The van der Waals surface area contributed by atoms with Crippen LogP contribution in [0.3, 0.4) is 0 Å². The van der Waals surface area contributed by atoms with Gasteiger partial charge in [-0.2, -0.15) is 0 Å². The molecule has 0 fully saturated rings. The molecule has 0 aliphatic heterocycles. The lowest BCUT2D eigenvalue weighted by Crippen LogP contribution is -2.05. The summed E-state index contributed by atoms with van der Waals surface area (Å²) in [5.41, 5.74) is 4.12. The van der Waals surface area contributed by atoms with E-state index < -0.39 is 0 Å². The molecule has 1 aliphatic carbocycles. The van der Waals surface area contributed by atoms with Crippen LogP contribution >= 0.6 is 11.3 Å². The molecule has 1 aromatic heterocycles. The fraction of sp³-hybridized carbons (Fsp3) is 0.375. The monoisotopic (exact) mass is 286 g/mol. The van der Waals surface area contributed by atoms with Crippen molar-refractivity contribution >= 4 is 17.0 Å². The Hall–Kier alpha value is -1.68. The quantitative estimate of drug-likeness (QED) is 0.530. The first-order valence-electron chi connectivity index (χ1n) is 7.01. The average Bonchev–Trinajstić information content (AvgIpc) is 2.88. The predicted molar refractivity (Wildman–Crippen MR) is 82.0 cm³/mol. The molecule has 0 radical (unpaired) electrons. The van der Waals surface area contributed by atoms with Gasteiger partial charge in [0.25, 0.3) is 0 Å². The molecule has 0 unspecified atom stereocenters. The topological polar surface area (TPSA) is 45.5 Å². The van der Waals surface area contributed by atoms with Gasteiger partial charge in [0.2, 0.25) is 0 Å². The Balaban J connectivity index is 1.81. The van der Waals surface area contributed by atoms with Crippen LogP contribution in [0.4, 0.5) is 0 Å². The van der Waals surface area contributed by atoms with Crippen molar-refractivity contribution in [2.24, 2.45) is 5.16 Å². The SMILES string of the molecule is Cc1ccc(C(Cc2nc3c(s2)CCCC3)=NO)cc1. The number of aryl methyl sites for hydroxylation is 3. The number of oxime groups is 1. The van der Waals surface area contributed by atoms with E-state index in [2.05, 4.69) is 12.1 Å². The Bertz CT molecular complexity index is 605. The van der Waals surface area contributed by atoms with Gasteiger partial charge in [0.05, 0.1) is 16.4 Å². The molecule has 0 bridgehead atoms. The highest BCUT2D eigenvalue weighted by atomic mass is 32.1. The summed E-state index contributed by atoms with van der Waals surface area (Å²) in [4.78, 5) is 6.13. The summed E-state index contributed by atoms with van der Waals surface area (Å²) in [7, 11) is 0. The van der Waals surface area contributed by atoms with Crippen molar-refractivity contribution in [3.05, 3.63) is 51.0 Å². The maximum atomic E-state index is 9.28. The first kappa shape index (κ1) is 13.3. The van der Waals surface area contributed by atoms with Crippen LogP contribution in [0.15, 0.2) is 29.4 Å². The lowest BCUT2D eigenvalue weighted by atomic mass is 10.0. The highest BCUT2D eigenvalue weighted by Crippen LogP contribution is 2.27. The minimum Gasteiger partial charge on any atom is -0.411 e. The van der Waals surface area contributed by atoms with Crippen LogP contribution in [0.25, 0.3) is 0 Å². The highest BCUT2D eigenvalue weighted by molar-refractivity contribution is 7.11. The Morgan fingerprint density at radius 3 is 2.70 bits per heavy atom. The molecular weight excluding hydrogens is 268 g/mol. The number of hydrogen-bond acceptors (Lipinski definition) is 4. The smallest absolute Gasteiger partial charge is 0.0992 e. The van der Waals surface area contributed by atoms with Gasteiger partial charge in [0.1, 0.15) is 0 Å². The molecule has 2 aromatic rings. The van der Waals surface area contributed by atoms with E-state index in [1.807, 2.05) is 24.3 Å². The maximum Gasteiger partial charge on any atom is 0.0992 e. The van der Waals surface area contributed by atoms with Crippen molar-refractivity contribution in [3.8, 4) is 0 Å². The van der Waals surface area contributed by atoms with Crippen LogP contribution in [-0.4, -0.2) is 15.9 Å². The molecule has 104 valence electrons. The normalized spacial score (nSPS) is 15.2. The molecule has 0 saturated carbocycles. The van der Waals surface area contributed by atoms with Crippen molar-refractivity contribution < 1.29 is 5.21 Å². The van der Waals surface area contributed by atoms with Gasteiger partial charge < -0.3 is 5.21 Å². The van der Waals surface area contributed by atoms with Gasteiger partial charge in [-0.3, -0.25) is 0 Å². The minimum absolute atomic E-state index is 0.608. The second-order valence-corrected chi connectivity index (χ2v) is 6.44. The molecule has 0 atom stereocenters. The van der Waals surface area contributed by atoms with Gasteiger partial charge in [-0.05, 0) is 38.2 Å². The van der Waals surface area contributed by atoms with Crippen LogP contribution in [0, 0.1) is 6.92 Å². The average molecular weight is 286 g/mol. The first-order chi connectivity index (χ1) is 9.76. The first-order valence-corrected chi connectivity index (χ1v) is 7.83. The molecule has 0 saturated heterocycles. The Morgan fingerprint density at radius 2 is 2.00 bits per heavy atom. The molecule has 4 heteroatoms. The van der Waals surface area contributed by atoms with Gasteiger partial charge in [-0.25, -0.2) is 4.98 Å². The standard InChI is InChI=1S/C16H18N2OS/c1-11-6-8-12(9-7-11)14(18-19)10-16-17-13-4-2-3-5-15(13)20-16/h6-9,19H,2-5,10H2,1H3. The minimum atomic E-state index is 0.608. The molecule has 3 rings (SSSR count). The van der Waals surface area contributed by atoms with Crippen molar-refractivity contribution in [1.29, 1.82) is 0 Å². The molecule has 3 nitrogen and oxygen atoms in total. The number of hydrogen-bond donors (Lipinski definition) is 1. The van der Waals surface area contributed by atoms with E-state index in [-0.39, 0.29) is 0 Å². The van der Waals surface area contributed by atoms with Crippen molar-refractivity contribution in [3.63, 3.8) is 0 Å². The highest BCUT2D eigenvalue weighted by Gasteiger charge is 2.16. The van der Waals surface area contributed by atoms with E-state index in [0.29, 0.717) is 12.1 Å². The third-order valence-corrected chi connectivity index (χ3v) is 4.87. The van der Waals surface area contributed by atoms with E-state index in [1.165, 1.54) is 29.0 Å². The van der Waals surface area contributed by atoms with E-state index in [1.54, 1.807) is 11.3 Å². The lowest BCUT2D eigenvalue weighted by Gasteiger charge is -2.06. The van der Waals surface area contributed by atoms with E-state index in [4.69, 9.17) is 4.98 Å². The summed E-state index contributed by atoms with van der Waals surface area (Å²) in [6.45, 7) is 2.05. The Labute approximate surface area is 123 Å². The van der Waals surface area contributed by atoms with Crippen LogP contribution in [0.5, 0.6) is 0 Å². The van der Waals surface area contributed by atoms with E-state index >= 15 is 0 Å². The van der Waals surface area contributed by atoms with Crippen molar-refractivity contribution in [2.75, 3.05) is 0 Å². The van der Waals surface area contributed by atoms with Crippen LogP contribution in [-0.2, 0) is 19.3 Å². The number of rotatable bonds is 3. The van der Waals surface area contributed by atoms with Crippen molar-refractivity contribution in [1.82, 2.24) is 4.98 Å². The predicted octanol–water partition coefficient (Wildman–Crippen LogP) is 3.75. The van der Waals surface area contributed by atoms with Gasteiger partial charge >= 0.3 is 0 Å². The van der Waals surface area contributed by atoms with Crippen molar-refractivity contribution in [2.45, 2.75) is 39.0 Å². The Morgan fingerprint density at radius 1 is 1.25 bits per heavy atom. The van der Waals surface area contributed by atoms with Gasteiger partial charge in [-0.1, -0.05) is 35.0 Å². The second-order valence-electron chi connectivity index (χ2n) is 5.27. The molecule has 1 aromatic carbocycles. The zero-order valence-corrected chi connectivity index (χ0v) is 12.4. The zero-order valence-electron chi connectivity index (χ0n) is 11.6. The fourth-order valence-electron chi connectivity index (χ4n) is 2.57. The van der Waals surface area contributed by atoms with Gasteiger partial charge in [0, 0.05) is 11.3 Å². The van der Waals surface area contributed by atoms with E-state index in [0.717, 1.165) is 23.4 Å². The van der Waals surface area contributed by atoms with Crippen LogP contribution < -0.4 is 0 Å². The Kier molecular flexibility index (Phi) is 3.83. The molecule has 20 heavy (non-hydrogen) atoms. The number of thiazole rings is 1. The molecule has 1 N–H and O–H groups in total. The molecule has 0 spiro atoms. The third-order valence-electron chi connectivity index (χ3n) is 3.71. The van der Waals surface area contributed by atoms with Gasteiger partial charge in [-0.15, -0.1) is 11.3 Å². The largest absolute Gasteiger partial charge is 0.411 e. The molecule has 1 aliphatic rings. The summed E-state index contributed by atoms with van der Waals surface area (Å²) in [6, 6.07) is 8.07. The number of nitrogens with zero attached hydrogens (tertiary/aromatic N) is 2. The number of aromatic nitrogens is 1. The summed E-state index contributed by atoms with van der Waals surface area (Å²) in [6.07, 6.45) is 5.38. The maximum absolute atomic E-state index is 9.28. The zero-order chi connectivity index (χ0) is 13.9. The fourth-order valence-corrected chi connectivity index (χ4v) is 3.73. The second kappa shape index (κ2) is 5.75. The summed E-state index contributed by atoms with van der Waals surface area (Å²) in [5, 5.41) is 13.8. The molecule has 1 heterocycles. The number of fused-ring (bicyclic) bond motifs is 1. The molecular formula is C16H18N2OS. The third kappa shape index (κ3) is 2.75. The molecule has 0 amide bonds. The van der Waals surface area contributed by atoms with E-state index in [9.17, 15) is 5.21 Å².